The lowest BCUT2D eigenvalue weighted by atomic mass is 10.1. The van der Waals surface area contributed by atoms with E-state index in [1.165, 1.54) is 17.7 Å². The summed E-state index contributed by atoms with van der Waals surface area (Å²) in [4.78, 5) is 19.4. The van der Waals surface area contributed by atoms with Crippen molar-refractivity contribution in [1.29, 1.82) is 0 Å². The zero-order valence-corrected chi connectivity index (χ0v) is 16.0. The van der Waals surface area contributed by atoms with E-state index in [4.69, 9.17) is 0 Å². The second-order valence-electron chi connectivity index (χ2n) is 7.07. The molecule has 1 amide bonds. The largest absolute Gasteiger partial charge is 0.335 e. The Labute approximate surface area is 162 Å². The fraction of sp³-hybridized carbons (Fsp3) is 0.273. The monoisotopic (exact) mass is 380 g/mol. The summed E-state index contributed by atoms with van der Waals surface area (Å²) >= 11 is 1.57. The Morgan fingerprint density at radius 3 is 2.52 bits per heavy atom. The van der Waals surface area contributed by atoms with Crippen LogP contribution in [-0.2, 0) is 17.8 Å². The first kappa shape index (κ1) is 17.9. The van der Waals surface area contributed by atoms with Crippen molar-refractivity contribution in [1.82, 2.24) is 9.88 Å². The highest BCUT2D eigenvalue weighted by Gasteiger charge is 2.32. The Morgan fingerprint density at radius 1 is 1.15 bits per heavy atom. The number of hydrogen-bond donors (Lipinski definition) is 0. The van der Waals surface area contributed by atoms with Gasteiger partial charge >= 0.3 is 0 Å². The van der Waals surface area contributed by atoms with E-state index in [9.17, 15) is 9.18 Å². The molecule has 1 aromatic heterocycles. The van der Waals surface area contributed by atoms with Gasteiger partial charge in [0.15, 0.2) is 0 Å². The van der Waals surface area contributed by atoms with E-state index in [0.29, 0.717) is 19.0 Å². The van der Waals surface area contributed by atoms with E-state index in [0.717, 1.165) is 34.7 Å². The summed E-state index contributed by atoms with van der Waals surface area (Å²) < 4.78 is 13.1. The summed E-state index contributed by atoms with van der Waals surface area (Å²) in [5.41, 5.74) is 4.06. The van der Waals surface area contributed by atoms with Crippen LogP contribution < -0.4 is 0 Å². The quantitative estimate of drug-likeness (QED) is 0.603. The normalized spacial score (nSPS) is 13.6. The van der Waals surface area contributed by atoms with Crippen LogP contribution >= 0.6 is 11.3 Å². The standard InChI is InChI=1S/C22H21FN2OS/c1-15-2-6-17(7-3-15)22-24-19(14-27-22)12-21(26)25(20-10-11-20)13-16-4-8-18(23)9-5-16/h2-9,14,20H,10-13H2,1H3. The Bertz CT molecular complexity index is 930. The molecule has 0 atom stereocenters. The predicted molar refractivity (Wildman–Crippen MR) is 106 cm³/mol. The Hall–Kier alpha value is -2.53. The molecule has 3 aromatic rings. The fourth-order valence-corrected chi connectivity index (χ4v) is 3.89. The smallest absolute Gasteiger partial charge is 0.229 e. The van der Waals surface area contributed by atoms with Crippen LogP contribution in [0.1, 0.15) is 29.7 Å². The summed E-state index contributed by atoms with van der Waals surface area (Å²) in [6.07, 6.45) is 2.39. The lowest BCUT2D eigenvalue weighted by molar-refractivity contribution is -0.131. The third kappa shape index (κ3) is 4.42. The van der Waals surface area contributed by atoms with Crippen LogP contribution in [0.25, 0.3) is 10.6 Å². The van der Waals surface area contributed by atoms with Crippen LogP contribution in [0.15, 0.2) is 53.9 Å². The number of carbonyl (C=O) groups excluding carboxylic acids is 1. The van der Waals surface area contributed by atoms with Gasteiger partial charge in [-0.25, -0.2) is 9.37 Å². The molecule has 5 heteroatoms. The van der Waals surface area contributed by atoms with Crippen molar-refractivity contribution in [2.75, 3.05) is 0 Å². The Balaban J connectivity index is 1.45. The number of benzene rings is 2. The van der Waals surface area contributed by atoms with Crippen molar-refractivity contribution in [3.63, 3.8) is 0 Å². The van der Waals surface area contributed by atoms with Crippen molar-refractivity contribution < 1.29 is 9.18 Å². The van der Waals surface area contributed by atoms with E-state index >= 15 is 0 Å². The molecule has 0 spiro atoms. The second-order valence-corrected chi connectivity index (χ2v) is 7.92. The number of nitrogens with zero attached hydrogens (tertiary/aromatic N) is 2. The van der Waals surface area contributed by atoms with Crippen molar-refractivity contribution in [2.24, 2.45) is 0 Å². The maximum Gasteiger partial charge on any atom is 0.229 e. The summed E-state index contributed by atoms with van der Waals surface area (Å²) in [7, 11) is 0. The minimum atomic E-state index is -0.255. The molecule has 2 aromatic carbocycles. The van der Waals surface area contributed by atoms with Crippen LogP contribution in [0.4, 0.5) is 4.39 Å². The highest BCUT2D eigenvalue weighted by Crippen LogP contribution is 2.30. The molecule has 1 saturated carbocycles. The molecular formula is C22H21FN2OS. The SMILES string of the molecule is Cc1ccc(-c2nc(CC(=O)N(Cc3ccc(F)cc3)C3CC3)cs2)cc1. The van der Waals surface area contributed by atoms with Gasteiger partial charge < -0.3 is 4.90 Å². The van der Waals surface area contributed by atoms with Gasteiger partial charge in [0.1, 0.15) is 10.8 Å². The van der Waals surface area contributed by atoms with Crippen molar-refractivity contribution in [2.45, 2.75) is 38.8 Å². The molecule has 1 aliphatic carbocycles. The molecule has 1 heterocycles. The number of rotatable bonds is 6. The Kier molecular flexibility index (Phi) is 5.03. The van der Waals surface area contributed by atoms with Gasteiger partial charge in [0.2, 0.25) is 5.91 Å². The second kappa shape index (κ2) is 7.61. The molecule has 0 radical (unpaired) electrons. The van der Waals surface area contributed by atoms with Crippen LogP contribution in [-0.4, -0.2) is 21.8 Å². The van der Waals surface area contributed by atoms with Gasteiger partial charge in [-0.15, -0.1) is 11.3 Å². The highest BCUT2D eigenvalue weighted by molar-refractivity contribution is 7.13. The molecular weight excluding hydrogens is 359 g/mol. The molecule has 0 aliphatic heterocycles. The summed E-state index contributed by atoms with van der Waals surface area (Å²) in [6.45, 7) is 2.59. The van der Waals surface area contributed by atoms with Crippen molar-refractivity contribution in [3.8, 4) is 10.6 Å². The van der Waals surface area contributed by atoms with Gasteiger partial charge in [-0.3, -0.25) is 4.79 Å². The van der Waals surface area contributed by atoms with Gasteiger partial charge in [-0.2, -0.15) is 0 Å². The lowest BCUT2D eigenvalue weighted by Crippen LogP contribution is -2.33. The van der Waals surface area contributed by atoms with Gasteiger partial charge in [-0.05, 0) is 37.5 Å². The van der Waals surface area contributed by atoms with Crippen LogP contribution in [0.5, 0.6) is 0 Å². The fourth-order valence-electron chi connectivity index (χ4n) is 3.07. The first-order valence-corrected chi connectivity index (χ1v) is 10.0. The maximum absolute atomic E-state index is 13.1. The number of thiazole rings is 1. The molecule has 27 heavy (non-hydrogen) atoms. The van der Waals surface area contributed by atoms with Crippen LogP contribution in [0, 0.1) is 12.7 Å². The molecule has 1 fully saturated rings. The zero-order valence-electron chi connectivity index (χ0n) is 15.2. The average Bonchev–Trinajstić information content (AvgIpc) is 3.40. The van der Waals surface area contributed by atoms with Gasteiger partial charge in [0.05, 0.1) is 12.1 Å². The number of amides is 1. The van der Waals surface area contributed by atoms with Gasteiger partial charge in [0, 0.05) is 23.5 Å². The highest BCUT2D eigenvalue weighted by atomic mass is 32.1. The first-order chi connectivity index (χ1) is 13.1. The van der Waals surface area contributed by atoms with E-state index in [1.54, 1.807) is 23.5 Å². The van der Waals surface area contributed by atoms with E-state index in [1.807, 2.05) is 10.3 Å². The molecule has 1 aliphatic rings. The molecule has 0 bridgehead atoms. The zero-order chi connectivity index (χ0) is 18.8. The third-order valence-electron chi connectivity index (χ3n) is 4.76. The minimum absolute atomic E-state index is 0.0857. The summed E-state index contributed by atoms with van der Waals surface area (Å²) in [6, 6.07) is 14.9. The average molecular weight is 380 g/mol. The number of carbonyl (C=O) groups is 1. The summed E-state index contributed by atoms with van der Waals surface area (Å²) in [5.74, 6) is -0.170. The van der Waals surface area contributed by atoms with Crippen molar-refractivity contribution in [3.05, 3.63) is 76.5 Å². The molecule has 4 rings (SSSR count). The van der Waals surface area contributed by atoms with Gasteiger partial charge in [0.25, 0.3) is 0 Å². The Morgan fingerprint density at radius 2 is 1.85 bits per heavy atom. The maximum atomic E-state index is 13.1. The molecule has 0 N–H and O–H groups in total. The lowest BCUT2D eigenvalue weighted by Gasteiger charge is -2.22. The number of halogens is 1. The van der Waals surface area contributed by atoms with E-state index in [-0.39, 0.29) is 11.7 Å². The topological polar surface area (TPSA) is 33.2 Å². The van der Waals surface area contributed by atoms with Crippen molar-refractivity contribution >= 4 is 17.2 Å². The van der Waals surface area contributed by atoms with Gasteiger partial charge in [-0.1, -0.05) is 42.0 Å². The third-order valence-corrected chi connectivity index (χ3v) is 5.70. The number of hydrogen-bond acceptors (Lipinski definition) is 3. The van der Waals surface area contributed by atoms with E-state index < -0.39 is 0 Å². The number of aryl methyl sites for hydroxylation is 1. The first-order valence-electron chi connectivity index (χ1n) is 9.14. The molecule has 0 unspecified atom stereocenters. The van der Waals surface area contributed by atoms with Crippen LogP contribution in [0.2, 0.25) is 0 Å². The molecule has 0 saturated heterocycles. The van der Waals surface area contributed by atoms with E-state index in [2.05, 4.69) is 36.2 Å². The molecule has 3 nitrogen and oxygen atoms in total. The van der Waals surface area contributed by atoms with Crippen LogP contribution in [0.3, 0.4) is 0 Å². The summed E-state index contributed by atoms with van der Waals surface area (Å²) in [5, 5.41) is 2.91. The number of aromatic nitrogens is 1. The predicted octanol–water partition coefficient (Wildman–Crippen LogP) is 4.99. The molecule has 138 valence electrons. The minimum Gasteiger partial charge on any atom is -0.335 e.